The van der Waals surface area contributed by atoms with Gasteiger partial charge in [-0.2, -0.15) is 4.98 Å². The number of aromatic nitrogens is 2. The fourth-order valence-corrected chi connectivity index (χ4v) is 1.77. The number of amides is 1. The Bertz CT molecular complexity index is 648. The third-order valence-electron chi connectivity index (χ3n) is 3.38. The van der Waals surface area contributed by atoms with E-state index in [1.165, 1.54) is 6.39 Å². The third kappa shape index (κ3) is 3.69. The number of rotatable bonds is 6. The molecule has 0 saturated carbocycles. The van der Waals surface area contributed by atoms with E-state index in [1.807, 2.05) is 0 Å². The second-order valence-electron chi connectivity index (χ2n) is 5.53. The summed E-state index contributed by atoms with van der Waals surface area (Å²) in [5, 5.41) is 15.4. The number of carboxylic acid groups (broad SMARTS) is 1. The summed E-state index contributed by atoms with van der Waals surface area (Å²) in [6.45, 7) is 3.55. The van der Waals surface area contributed by atoms with Crippen LogP contribution < -0.4 is 5.32 Å². The summed E-state index contributed by atoms with van der Waals surface area (Å²) in [6.07, 6.45) is 1.59. The van der Waals surface area contributed by atoms with Crippen LogP contribution in [-0.2, 0) is 4.79 Å². The van der Waals surface area contributed by atoms with E-state index >= 15 is 0 Å². The number of carbonyl (C=O) groups excluding carboxylic acids is 1. The van der Waals surface area contributed by atoms with Gasteiger partial charge >= 0.3 is 5.97 Å². The molecule has 7 heteroatoms. The fraction of sp³-hybridized carbons (Fsp3) is 0.333. The van der Waals surface area contributed by atoms with Gasteiger partial charge in [0.2, 0.25) is 12.2 Å². The largest absolute Gasteiger partial charge is 0.481 e. The highest BCUT2D eigenvalue weighted by Gasteiger charge is 2.26. The lowest BCUT2D eigenvalue weighted by Gasteiger charge is -2.18. The van der Waals surface area contributed by atoms with Crippen molar-refractivity contribution in [2.24, 2.45) is 5.41 Å². The molecule has 2 N–H and O–H groups in total. The van der Waals surface area contributed by atoms with E-state index in [4.69, 9.17) is 5.11 Å². The molecule has 2 rings (SSSR count). The molecule has 0 saturated heterocycles. The highest BCUT2D eigenvalue weighted by atomic mass is 16.5. The molecule has 1 amide bonds. The minimum absolute atomic E-state index is 0.249. The van der Waals surface area contributed by atoms with Gasteiger partial charge in [-0.25, -0.2) is 0 Å². The second-order valence-corrected chi connectivity index (χ2v) is 5.53. The molecule has 0 aliphatic carbocycles. The van der Waals surface area contributed by atoms with Crippen molar-refractivity contribution in [3.63, 3.8) is 0 Å². The maximum Gasteiger partial charge on any atom is 0.309 e. The number of hydrogen-bond acceptors (Lipinski definition) is 5. The van der Waals surface area contributed by atoms with Crippen molar-refractivity contribution in [3.05, 3.63) is 36.2 Å². The first-order valence-electron chi connectivity index (χ1n) is 6.78. The van der Waals surface area contributed by atoms with Crippen LogP contribution in [-0.4, -0.2) is 33.7 Å². The number of carboxylic acids is 1. The SMILES string of the molecule is CC(C)(CCNC(=O)c1ccc(-c2ncon2)cc1)C(=O)O. The van der Waals surface area contributed by atoms with Crippen LogP contribution >= 0.6 is 0 Å². The van der Waals surface area contributed by atoms with Crippen LogP contribution in [0.2, 0.25) is 0 Å². The number of aliphatic carboxylic acids is 1. The van der Waals surface area contributed by atoms with Crippen LogP contribution in [0.5, 0.6) is 0 Å². The lowest BCUT2D eigenvalue weighted by atomic mass is 9.90. The molecule has 0 atom stereocenters. The van der Waals surface area contributed by atoms with Crippen molar-refractivity contribution in [2.75, 3.05) is 6.54 Å². The van der Waals surface area contributed by atoms with Gasteiger partial charge in [0, 0.05) is 17.7 Å². The molecule has 0 fully saturated rings. The average Bonchev–Trinajstić information content (AvgIpc) is 3.01. The van der Waals surface area contributed by atoms with E-state index in [2.05, 4.69) is 20.0 Å². The molecular weight excluding hydrogens is 286 g/mol. The summed E-state index contributed by atoms with van der Waals surface area (Å²) in [4.78, 5) is 26.9. The molecule has 0 radical (unpaired) electrons. The smallest absolute Gasteiger partial charge is 0.309 e. The Morgan fingerprint density at radius 2 is 1.95 bits per heavy atom. The van der Waals surface area contributed by atoms with Gasteiger partial charge in [-0.05, 0) is 32.4 Å². The van der Waals surface area contributed by atoms with Crippen molar-refractivity contribution in [1.82, 2.24) is 15.5 Å². The second kappa shape index (κ2) is 6.38. The zero-order chi connectivity index (χ0) is 16.2. The quantitative estimate of drug-likeness (QED) is 0.845. The minimum atomic E-state index is -0.883. The van der Waals surface area contributed by atoms with Crippen LogP contribution in [0, 0.1) is 5.41 Å². The van der Waals surface area contributed by atoms with Crippen molar-refractivity contribution < 1.29 is 19.2 Å². The first-order valence-corrected chi connectivity index (χ1v) is 6.78. The Hall–Kier alpha value is -2.70. The minimum Gasteiger partial charge on any atom is -0.481 e. The zero-order valence-electron chi connectivity index (χ0n) is 12.4. The number of nitrogens with one attached hydrogen (secondary N) is 1. The van der Waals surface area contributed by atoms with E-state index in [9.17, 15) is 9.59 Å². The van der Waals surface area contributed by atoms with Gasteiger partial charge < -0.3 is 14.9 Å². The molecule has 0 aliphatic heterocycles. The predicted molar refractivity (Wildman–Crippen MR) is 78.1 cm³/mol. The van der Waals surface area contributed by atoms with Gasteiger partial charge in [0.1, 0.15) is 0 Å². The summed E-state index contributed by atoms with van der Waals surface area (Å²) >= 11 is 0. The maximum absolute atomic E-state index is 12.0. The topological polar surface area (TPSA) is 105 Å². The average molecular weight is 303 g/mol. The zero-order valence-corrected chi connectivity index (χ0v) is 12.4. The Morgan fingerprint density at radius 1 is 1.27 bits per heavy atom. The summed E-state index contributed by atoms with van der Waals surface area (Å²) in [5.41, 5.74) is 0.369. The van der Waals surface area contributed by atoms with Gasteiger partial charge in [-0.1, -0.05) is 17.3 Å². The Kier molecular flexibility index (Phi) is 4.55. The first kappa shape index (κ1) is 15.7. The molecular formula is C15H17N3O4. The van der Waals surface area contributed by atoms with Crippen LogP contribution in [0.3, 0.4) is 0 Å². The lowest BCUT2D eigenvalue weighted by Crippen LogP contribution is -2.31. The molecule has 1 aromatic heterocycles. The van der Waals surface area contributed by atoms with Crippen LogP contribution in [0.15, 0.2) is 35.2 Å². The molecule has 0 spiro atoms. The molecule has 1 heterocycles. The molecule has 0 aliphatic rings. The summed E-state index contributed by atoms with van der Waals surface area (Å²) in [6, 6.07) is 6.76. The van der Waals surface area contributed by atoms with Crippen molar-refractivity contribution in [3.8, 4) is 11.4 Å². The van der Waals surface area contributed by atoms with E-state index in [0.29, 0.717) is 24.4 Å². The highest BCUT2D eigenvalue weighted by molar-refractivity contribution is 5.94. The number of benzene rings is 1. The Balaban J connectivity index is 1.92. The molecule has 7 nitrogen and oxygen atoms in total. The monoisotopic (exact) mass is 303 g/mol. The van der Waals surface area contributed by atoms with Gasteiger partial charge in [-0.3, -0.25) is 9.59 Å². The Labute approximate surface area is 127 Å². The van der Waals surface area contributed by atoms with Crippen molar-refractivity contribution in [1.29, 1.82) is 0 Å². The number of carbonyl (C=O) groups is 2. The third-order valence-corrected chi connectivity index (χ3v) is 3.38. The van der Waals surface area contributed by atoms with E-state index < -0.39 is 11.4 Å². The van der Waals surface area contributed by atoms with E-state index in [0.717, 1.165) is 5.56 Å². The molecule has 1 aromatic carbocycles. The maximum atomic E-state index is 12.0. The fourth-order valence-electron chi connectivity index (χ4n) is 1.77. The normalized spacial score (nSPS) is 11.2. The summed E-state index contributed by atoms with van der Waals surface area (Å²) in [7, 11) is 0. The van der Waals surface area contributed by atoms with Crippen LogP contribution in [0.25, 0.3) is 11.4 Å². The molecule has 116 valence electrons. The van der Waals surface area contributed by atoms with Crippen molar-refractivity contribution in [2.45, 2.75) is 20.3 Å². The summed E-state index contributed by atoms with van der Waals surface area (Å²) < 4.78 is 4.66. The van der Waals surface area contributed by atoms with Gasteiger partial charge in [0.25, 0.3) is 5.91 Å². The van der Waals surface area contributed by atoms with Crippen molar-refractivity contribution >= 4 is 11.9 Å². The molecule has 0 unspecified atom stereocenters. The van der Waals surface area contributed by atoms with Crippen LogP contribution in [0.4, 0.5) is 0 Å². The van der Waals surface area contributed by atoms with Gasteiger partial charge in [0.15, 0.2) is 0 Å². The molecule has 22 heavy (non-hydrogen) atoms. The van der Waals surface area contributed by atoms with E-state index in [-0.39, 0.29) is 5.91 Å². The van der Waals surface area contributed by atoms with E-state index in [1.54, 1.807) is 38.1 Å². The standard InChI is InChI=1S/C15H17N3O4/c1-15(2,14(20)21)7-8-16-13(19)11-5-3-10(4-6-11)12-17-9-22-18-12/h3-6,9H,7-8H2,1-2H3,(H,16,19)(H,20,21). The van der Waals surface area contributed by atoms with Gasteiger partial charge in [0.05, 0.1) is 5.41 Å². The lowest BCUT2D eigenvalue weighted by molar-refractivity contribution is -0.147. The predicted octanol–water partition coefficient (Wildman–Crippen LogP) is 1.97. The molecule has 2 aromatic rings. The number of hydrogen-bond donors (Lipinski definition) is 2. The first-order chi connectivity index (χ1) is 10.4. The highest BCUT2D eigenvalue weighted by Crippen LogP contribution is 2.19. The van der Waals surface area contributed by atoms with Crippen LogP contribution in [0.1, 0.15) is 30.6 Å². The van der Waals surface area contributed by atoms with Gasteiger partial charge in [-0.15, -0.1) is 0 Å². The number of nitrogens with zero attached hydrogens (tertiary/aromatic N) is 2. The molecule has 0 bridgehead atoms. The summed E-state index contributed by atoms with van der Waals surface area (Å²) in [5.74, 6) is -0.678. The Morgan fingerprint density at radius 3 is 2.50 bits per heavy atom.